The highest BCUT2D eigenvalue weighted by Crippen LogP contribution is 2.40. The first-order valence-electron chi connectivity index (χ1n) is 8.73. The summed E-state index contributed by atoms with van der Waals surface area (Å²) < 4.78 is 11.7. The molecule has 0 aromatic heterocycles. The Kier molecular flexibility index (Phi) is 4.13. The Hall–Kier alpha value is -2.12. The number of hydrogen-bond donors (Lipinski definition) is 2. The Labute approximate surface area is 145 Å². The fraction of sp³-hybridized carbons (Fsp3) is 0.556. The minimum Gasteiger partial charge on any atom is -0.491 e. The second-order valence-electron chi connectivity index (χ2n) is 7.11. The SMILES string of the molecule is C[C@H]1COc2cc(C(=O)NO)ccc2CN1C(=O)[C@@H]1CC2CCC1O2. The van der Waals surface area contributed by atoms with E-state index in [0.717, 1.165) is 24.8 Å². The highest BCUT2D eigenvalue weighted by molar-refractivity contribution is 5.93. The van der Waals surface area contributed by atoms with Gasteiger partial charge in [-0.3, -0.25) is 14.8 Å². The van der Waals surface area contributed by atoms with Crippen LogP contribution in [-0.2, 0) is 16.1 Å². The number of carbonyl (C=O) groups is 2. The lowest BCUT2D eigenvalue weighted by molar-refractivity contribution is -0.140. The lowest BCUT2D eigenvalue weighted by Gasteiger charge is -2.31. The van der Waals surface area contributed by atoms with Crippen molar-refractivity contribution < 1.29 is 24.3 Å². The molecule has 4 atom stereocenters. The third kappa shape index (κ3) is 2.87. The molecule has 25 heavy (non-hydrogen) atoms. The molecule has 4 rings (SSSR count). The number of amides is 2. The molecule has 0 aliphatic carbocycles. The lowest BCUT2D eigenvalue weighted by Crippen LogP contribution is -2.45. The first kappa shape index (κ1) is 16.4. The van der Waals surface area contributed by atoms with Gasteiger partial charge < -0.3 is 14.4 Å². The van der Waals surface area contributed by atoms with Crippen molar-refractivity contribution in [2.45, 2.75) is 51.0 Å². The molecule has 1 aromatic carbocycles. The molecular formula is C18H22N2O5. The molecule has 0 saturated carbocycles. The van der Waals surface area contributed by atoms with E-state index in [4.69, 9.17) is 14.7 Å². The first-order chi connectivity index (χ1) is 12.1. The van der Waals surface area contributed by atoms with E-state index in [1.165, 1.54) is 0 Å². The van der Waals surface area contributed by atoms with E-state index >= 15 is 0 Å². The maximum atomic E-state index is 13.1. The van der Waals surface area contributed by atoms with Crippen molar-refractivity contribution in [2.24, 2.45) is 5.92 Å². The molecule has 2 unspecified atom stereocenters. The number of fused-ring (bicyclic) bond motifs is 3. The van der Waals surface area contributed by atoms with Crippen molar-refractivity contribution >= 4 is 11.8 Å². The molecule has 0 radical (unpaired) electrons. The number of nitrogens with zero attached hydrogens (tertiary/aromatic N) is 1. The third-order valence-electron chi connectivity index (χ3n) is 5.49. The van der Waals surface area contributed by atoms with Crippen molar-refractivity contribution in [3.8, 4) is 5.75 Å². The van der Waals surface area contributed by atoms with Crippen molar-refractivity contribution in [1.29, 1.82) is 0 Å². The van der Waals surface area contributed by atoms with Crippen LogP contribution < -0.4 is 10.2 Å². The maximum absolute atomic E-state index is 13.1. The first-order valence-corrected chi connectivity index (χ1v) is 8.73. The lowest BCUT2D eigenvalue weighted by atomic mass is 9.88. The van der Waals surface area contributed by atoms with Gasteiger partial charge in [0.2, 0.25) is 5.91 Å². The van der Waals surface area contributed by atoms with Crippen LogP contribution in [0.1, 0.15) is 42.1 Å². The molecule has 1 aromatic rings. The minimum atomic E-state index is -0.587. The van der Waals surface area contributed by atoms with Gasteiger partial charge in [0.05, 0.1) is 24.2 Å². The van der Waals surface area contributed by atoms with Crippen LogP contribution >= 0.6 is 0 Å². The van der Waals surface area contributed by atoms with Gasteiger partial charge in [-0.15, -0.1) is 0 Å². The number of benzene rings is 1. The van der Waals surface area contributed by atoms with Crippen molar-refractivity contribution in [3.63, 3.8) is 0 Å². The van der Waals surface area contributed by atoms with Crippen LogP contribution in [0, 0.1) is 5.92 Å². The van der Waals surface area contributed by atoms with Gasteiger partial charge in [-0.05, 0) is 38.3 Å². The van der Waals surface area contributed by atoms with Gasteiger partial charge in [0.15, 0.2) is 0 Å². The summed E-state index contributed by atoms with van der Waals surface area (Å²) in [4.78, 5) is 26.5. The maximum Gasteiger partial charge on any atom is 0.274 e. The minimum absolute atomic E-state index is 0.0535. The highest BCUT2D eigenvalue weighted by atomic mass is 16.5. The zero-order valence-electron chi connectivity index (χ0n) is 14.1. The van der Waals surface area contributed by atoms with Gasteiger partial charge in [0, 0.05) is 17.7 Å². The van der Waals surface area contributed by atoms with E-state index in [0.29, 0.717) is 24.5 Å². The highest BCUT2D eigenvalue weighted by Gasteiger charge is 2.46. The Morgan fingerprint density at radius 2 is 2.16 bits per heavy atom. The number of hydrogen-bond acceptors (Lipinski definition) is 5. The molecule has 2 saturated heterocycles. The van der Waals surface area contributed by atoms with Crippen LogP contribution in [0.3, 0.4) is 0 Å². The normalized spacial score (nSPS) is 30.4. The summed E-state index contributed by atoms with van der Waals surface area (Å²) in [6.07, 6.45) is 3.14. The molecule has 0 spiro atoms. The van der Waals surface area contributed by atoms with E-state index in [-0.39, 0.29) is 30.1 Å². The van der Waals surface area contributed by atoms with Crippen molar-refractivity contribution in [2.75, 3.05) is 6.61 Å². The van der Waals surface area contributed by atoms with Crippen molar-refractivity contribution in [1.82, 2.24) is 10.4 Å². The molecule has 7 heteroatoms. The molecule has 134 valence electrons. The van der Waals surface area contributed by atoms with Gasteiger partial charge >= 0.3 is 0 Å². The number of rotatable bonds is 2. The zero-order chi connectivity index (χ0) is 17.6. The van der Waals surface area contributed by atoms with Crippen LogP contribution in [0.25, 0.3) is 0 Å². The topological polar surface area (TPSA) is 88.1 Å². The van der Waals surface area contributed by atoms with Gasteiger partial charge in [-0.25, -0.2) is 5.48 Å². The average Bonchev–Trinajstić information content (AvgIpc) is 3.22. The Balaban J connectivity index is 1.56. The second-order valence-corrected chi connectivity index (χ2v) is 7.11. The van der Waals surface area contributed by atoms with Crippen LogP contribution in [0.4, 0.5) is 0 Å². The average molecular weight is 346 g/mol. The van der Waals surface area contributed by atoms with Crippen molar-refractivity contribution in [3.05, 3.63) is 29.3 Å². The molecule has 2 fully saturated rings. The summed E-state index contributed by atoms with van der Waals surface area (Å²) in [6.45, 7) is 2.79. The number of nitrogens with one attached hydrogen (secondary N) is 1. The Morgan fingerprint density at radius 1 is 1.32 bits per heavy atom. The quantitative estimate of drug-likeness (QED) is 0.626. The van der Waals surface area contributed by atoms with Gasteiger partial charge in [0.1, 0.15) is 12.4 Å². The monoisotopic (exact) mass is 346 g/mol. The van der Waals surface area contributed by atoms with Crippen LogP contribution in [0.2, 0.25) is 0 Å². The molecule has 3 aliphatic heterocycles. The molecule has 3 aliphatic rings. The summed E-state index contributed by atoms with van der Waals surface area (Å²) in [5, 5.41) is 8.77. The summed E-state index contributed by atoms with van der Waals surface area (Å²) in [7, 11) is 0. The predicted octanol–water partition coefficient (Wildman–Crippen LogP) is 1.48. The predicted molar refractivity (Wildman–Crippen MR) is 87.2 cm³/mol. The standard InChI is InChI=1S/C18H22N2O5/c1-10-9-24-16-6-11(17(21)19-23)2-3-12(16)8-20(10)18(22)14-7-13-4-5-15(14)25-13/h2-3,6,10,13-15,23H,4-5,7-9H2,1H3,(H,19,21)/t10-,13?,14+,15?/m0/s1. The van der Waals surface area contributed by atoms with E-state index in [2.05, 4.69) is 0 Å². The van der Waals surface area contributed by atoms with Crippen LogP contribution in [-0.4, -0.2) is 46.8 Å². The number of hydroxylamine groups is 1. The van der Waals surface area contributed by atoms with E-state index < -0.39 is 5.91 Å². The molecule has 3 heterocycles. The Morgan fingerprint density at radius 3 is 2.84 bits per heavy atom. The molecule has 7 nitrogen and oxygen atoms in total. The van der Waals surface area contributed by atoms with Crippen LogP contribution in [0.5, 0.6) is 5.75 Å². The van der Waals surface area contributed by atoms with E-state index in [1.54, 1.807) is 23.7 Å². The smallest absolute Gasteiger partial charge is 0.274 e. The van der Waals surface area contributed by atoms with Crippen LogP contribution in [0.15, 0.2) is 18.2 Å². The fourth-order valence-electron chi connectivity index (χ4n) is 4.07. The summed E-state index contributed by atoms with van der Waals surface area (Å²) in [5.41, 5.74) is 2.79. The molecular weight excluding hydrogens is 324 g/mol. The number of ether oxygens (including phenoxy) is 2. The molecule has 2 bridgehead atoms. The van der Waals surface area contributed by atoms with Gasteiger partial charge in [-0.2, -0.15) is 0 Å². The zero-order valence-corrected chi connectivity index (χ0v) is 14.1. The summed E-state index contributed by atoms with van der Waals surface area (Å²) in [6, 6.07) is 4.93. The van der Waals surface area contributed by atoms with Gasteiger partial charge in [-0.1, -0.05) is 6.07 Å². The summed E-state index contributed by atoms with van der Waals surface area (Å²) in [5.74, 6) is 0.0683. The summed E-state index contributed by atoms with van der Waals surface area (Å²) >= 11 is 0. The second kappa shape index (κ2) is 6.31. The Bertz CT molecular complexity index is 707. The van der Waals surface area contributed by atoms with E-state index in [1.807, 2.05) is 11.8 Å². The van der Waals surface area contributed by atoms with Gasteiger partial charge in [0.25, 0.3) is 5.91 Å². The molecule has 2 amide bonds. The molecule has 2 N–H and O–H groups in total. The third-order valence-corrected chi connectivity index (χ3v) is 5.49. The number of carbonyl (C=O) groups excluding carboxylic acids is 2. The van der Waals surface area contributed by atoms with E-state index in [9.17, 15) is 9.59 Å². The largest absolute Gasteiger partial charge is 0.491 e. The fourth-order valence-corrected chi connectivity index (χ4v) is 4.07.